The van der Waals surface area contributed by atoms with E-state index in [1.165, 1.54) is 0 Å². The van der Waals surface area contributed by atoms with Crippen LogP contribution in [0, 0.1) is 6.92 Å². The molecule has 1 N–H and O–H groups in total. The molecular formula is C22H24N2O3S. The van der Waals surface area contributed by atoms with Gasteiger partial charge < -0.3 is 5.32 Å². The number of hydrogen-bond acceptors (Lipinski definition) is 3. The Hall–Kier alpha value is -2.86. The van der Waals surface area contributed by atoms with E-state index in [1.807, 2.05) is 68.4 Å². The molecule has 0 spiro atoms. The monoisotopic (exact) mass is 396 g/mol. The minimum Gasteiger partial charge on any atom is -0.348 e. The predicted octanol–water partition coefficient (Wildman–Crippen LogP) is 3.79. The van der Waals surface area contributed by atoms with E-state index in [0.717, 1.165) is 32.5 Å². The summed E-state index contributed by atoms with van der Waals surface area (Å²) in [6.45, 7) is 3.61. The Labute approximate surface area is 166 Å². The Morgan fingerprint density at radius 1 is 1.00 bits per heavy atom. The number of carbonyl (C=O) groups is 1. The van der Waals surface area contributed by atoms with Gasteiger partial charge in [-0.2, -0.15) is 0 Å². The van der Waals surface area contributed by atoms with Crippen molar-refractivity contribution in [2.75, 3.05) is 17.1 Å². The largest absolute Gasteiger partial charge is 0.348 e. The molecule has 3 aromatic carbocycles. The zero-order chi connectivity index (χ0) is 20.3. The maximum Gasteiger partial charge on any atom is 0.241 e. The Morgan fingerprint density at radius 3 is 2.32 bits per heavy atom. The maximum absolute atomic E-state index is 12.6. The molecule has 0 bridgehead atoms. The molecular weight excluding hydrogens is 372 g/mol. The average molecular weight is 397 g/mol. The van der Waals surface area contributed by atoms with E-state index in [0.29, 0.717) is 5.69 Å². The van der Waals surface area contributed by atoms with Crippen molar-refractivity contribution in [3.8, 4) is 0 Å². The summed E-state index contributed by atoms with van der Waals surface area (Å²) in [7, 11) is -3.64. The van der Waals surface area contributed by atoms with E-state index in [-0.39, 0.29) is 18.5 Å². The highest BCUT2D eigenvalue weighted by Gasteiger charge is 2.23. The molecule has 0 unspecified atom stereocenters. The minimum absolute atomic E-state index is 0.220. The third kappa shape index (κ3) is 4.51. The van der Waals surface area contributed by atoms with Gasteiger partial charge in [-0.05, 0) is 30.9 Å². The van der Waals surface area contributed by atoms with Crippen LogP contribution in [0.2, 0.25) is 0 Å². The van der Waals surface area contributed by atoms with Crippen LogP contribution in [0.25, 0.3) is 10.8 Å². The molecule has 0 aliphatic heterocycles. The van der Waals surface area contributed by atoms with Crippen LogP contribution in [0.3, 0.4) is 0 Å². The van der Waals surface area contributed by atoms with E-state index in [9.17, 15) is 13.2 Å². The van der Waals surface area contributed by atoms with E-state index >= 15 is 0 Å². The summed E-state index contributed by atoms with van der Waals surface area (Å²) < 4.78 is 26.1. The summed E-state index contributed by atoms with van der Waals surface area (Å²) in [6, 6.07) is 20.6. The van der Waals surface area contributed by atoms with Gasteiger partial charge in [0.15, 0.2) is 0 Å². The normalized spacial score (nSPS) is 12.5. The fraction of sp³-hybridized carbons (Fsp3) is 0.227. The van der Waals surface area contributed by atoms with Gasteiger partial charge in [-0.3, -0.25) is 9.10 Å². The number of fused-ring (bicyclic) bond motifs is 1. The van der Waals surface area contributed by atoms with Gasteiger partial charge in [-0.15, -0.1) is 0 Å². The highest BCUT2D eigenvalue weighted by Crippen LogP contribution is 2.28. The van der Waals surface area contributed by atoms with Crippen LogP contribution in [0.15, 0.2) is 66.7 Å². The Morgan fingerprint density at radius 2 is 1.64 bits per heavy atom. The van der Waals surface area contributed by atoms with Gasteiger partial charge in [0.1, 0.15) is 6.54 Å². The number of carbonyl (C=O) groups excluding carboxylic acids is 1. The quantitative estimate of drug-likeness (QED) is 0.689. The molecule has 1 amide bonds. The van der Waals surface area contributed by atoms with Crippen molar-refractivity contribution in [3.63, 3.8) is 0 Å². The van der Waals surface area contributed by atoms with Gasteiger partial charge in [0.25, 0.3) is 0 Å². The number of nitrogens with zero attached hydrogens (tertiary/aromatic N) is 1. The number of benzene rings is 3. The second-order valence-corrected chi connectivity index (χ2v) is 8.87. The topological polar surface area (TPSA) is 66.5 Å². The highest BCUT2D eigenvalue weighted by molar-refractivity contribution is 7.92. The van der Waals surface area contributed by atoms with Crippen molar-refractivity contribution < 1.29 is 13.2 Å². The lowest BCUT2D eigenvalue weighted by atomic mass is 10.1. The Kier molecular flexibility index (Phi) is 5.70. The lowest BCUT2D eigenvalue weighted by Crippen LogP contribution is -2.41. The highest BCUT2D eigenvalue weighted by atomic mass is 32.2. The first-order valence-electron chi connectivity index (χ1n) is 9.07. The molecule has 0 radical (unpaired) electrons. The number of aryl methyl sites for hydroxylation is 1. The van der Waals surface area contributed by atoms with E-state index in [2.05, 4.69) is 5.32 Å². The maximum atomic E-state index is 12.6. The Balaban J connectivity index is 1.85. The van der Waals surface area contributed by atoms with Gasteiger partial charge in [0.05, 0.1) is 18.0 Å². The smallest absolute Gasteiger partial charge is 0.241 e. The summed E-state index contributed by atoms with van der Waals surface area (Å²) >= 11 is 0. The fourth-order valence-electron chi connectivity index (χ4n) is 3.16. The minimum atomic E-state index is -3.64. The lowest BCUT2D eigenvalue weighted by Gasteiger charge is -2.24. The zero-order valence-electron chi connectivity index (χ0n) is 16.2. The standard InChI is InChI=1S/C22H24N2O3S/c1-16-11-13-18(14-12-16)17(2)23-22(25)15-24(28(3,26)27)21-10-6-8-19-7-4-5-9-20(19)21/h4-14,17H,15H2,1-3H3,(H,23,25)/t17-/m1/s1. The van der Waals surface area contributed by atoms with Crippen LogP contribution in [0.5, 0.6) is 0 Å². The number of anilines is 1. The van der Waals surface area contributed by atoms with Crippen molar-refractivity contribution in [1.29, 1.82) is 0 Å². The first-order valence-corrected chi connectivity index (χ1v) is 10.9. The molecule has 0 fully saturated rings. The van der Waals surface area contributed by atoms with E-state index in [4.69, 9.17) is 0 Å². The summed E-state index contributed by atoms with van der Waals surface area (Å²) in [4.78, 5) is 12.6. The molecule has 3 aromatic rings. The van der Waals surface area contributed by atoms with Crippen LogP contribution in [0.1, 0.15) is 24.1 Å². The average Bonchev–Trinajstić information content (AvgIpc) is 2.65. The molecule has 0 saturated carbocycles. The number of nitrogens with one attached hydrogen (secondary N) is 1. The van der Waals surface area contributed by atoms with Crippen LogP contribution in [0.4, 0.5) is 5.69 Å². The van der Waals surface area contributed by atoms with Crippen LogP contribution < -0.4 is 9.62 Å². The Bertz CT molecular complexity index is 1090. The molecule has 146 valence electrons. The molecule has 0 heterocycles. The van der Waals surface area contributed by atoms with Crippen LogP contribution in [-0.4, -0.2) is 27.1 Å². The number of rotatable bonds is 6. The molecule has 0 aliphatic rings. The molecule has 3 rings (SSSR count). The first-order chi connectivity index (χ1) is 13.3. The molecule has 0 aromatic heterocycles. The van der Waals surface area contributed by atoms with E-state index in [1.54, 1.807) is 12.1 Å². The van der Waals surface area contributed by atoms with E-state index < -0.39 is 10.0 Å². The van der Waals surface area contributed by atoms with Gasteiger partial charge in [0.2, 0.25) is 15.9 Å². The zero-order valence-corrected chi connectivity index (χ0v) is 17.0. The molecule has 0 saturated heterocycles. The lowest BCUT2D eigenvalue weighted by molar-refractivity contribution is -0.120. The molecule has 1 atom stereocenters. The number of amides is 1. The van der Waals surface area contributed by atoms with Crippen LogP contribution in [-0.2, 0) is 14.8 Å². The third-order valence-corrected chi connectivity index (χ3v) is 5.80. The van der Waals surface area contributed by atoms with Gasteiger partial charge >= 0.3 is 0 Å². The van der Waals surface area contributed by atoms with Crippen molar-refractivity contribution >= 4 is 32.4 Å². The molecule has 5 nitrogen and oxygen atoms in total. The van der Waals surface area contributed by atoms with Gasteiger partial charge in [-0.25, -0.2) is 8.42 Å². The molecule has 6 heteroatoms. The summed E-state index contributed by atoms with van der Waals surface area (Å²) in [5, 5.41) is 4.60. The van der Waals surface area contributed by atoms with Gasteiger partial charge in [-0.1, -0.05) is 66.2 Å². The van der Waals surface area contributed by atoms with Crippen molar-refractivity contribution in [2.24, 2.45) is 0 Å². The molecule has 28 heavy (non-hydrogen) atoms. The van der Waals surface area contributed by atoms with Crippen LogP contribution >= 0.6 is 0 Å². The fourth-order valence-corrected chi connectivity index (χ4v) is 4.03. The van der Waals surface area contributed by atoms with Crippen molar-refractivity contribution in [2.45, 2.75) is 19.9 Å². The van der Waals surface area contributed by atoms with Crippen molar-refractivity contribution in [1.82, 2.24) is 5.32 Å². The van der Waals surface area contributed by atoms with Gasteiger partial charge in [0, 0.05) is 5.39 Å². The number of hydrogen-bond donors (Lipinski definition) is 1. The van der Waals surface area contributed by atoms with Crippen molar-refractivity contribution in [3.05, 3.63) is 77.9 Å². The molecule has 0 aliphatic carbocycles. The first kappa shape index (κ1) is 19.9. The summed E-state index contributed by atoms with van der Waals surface area (Å²) in [5.74, 6) is -0.355. The third-order valence-electron chi connectivity index (χ3n) is 4.68. The summed E-state index contributed by atoms with van der Waals surface area (Å²) in [6.07, 6.45) is 1.12. The summed E-state index contributed by atoms with van der Waals surface area (Å²) in [5.41, 5.74) is 2.61. The number of sulfonamides is 1. The SMILES string of the molecule is Cc1ccc([C@@H](C)NC(=O)CN(c2cccc3ccccc23)S(C)(=O)=O)cc1. The second-order valence-electron chi connectivity index (χ2n) is 6.97. The second kappa shape index (κ2) is 8.02. The predicted molar refractivity (Wildman–Crippen MR) is 114 cm³/mol.